The average Bonchev–Trinajstić information content (AvgIpc) is 2.09. The number of likely N-dealkylation sites (tertiary alicyclic amines) is 1. The second-order valence-electron chi connectivity index (χ2n) is 5.37. The SMILES string of the molecule is CCCNC(=O)C1CN(C(=O)OC(C)(C)C)C1. The largest absolute Gasteiger partial charge is 0.444 e. The molecule has 1 aliphatic rings. The van der Waals surface area contributed by atoms with Crippen LogP contribution in [0.5, 0.6) is 0 Å². The van der Waals surface area contributed by atoms with Gasteiger partial charge in [-0.15, -0.1) is 0 Å². The summed E-state index contributed by atoms with van der Waals surface area (Å²) in [6.07, 6.45) is 0.589. The van der Waals surface area contributed by atoms with Crippen LogP contribution >= 0.6 is 0 Å². The molecule has 17 heavy (non-hydrogen) atoms. The van der Waals surface area contributed by atoms with E-state index in [1.165, 1.54) is 0 Å². The molecule has 0 spiro atoms. The van der Waals surface area contributed by atoms with Gasteiger partial charge in [0.25, 0.3) is 0 Å². The van der Waals surface area contributed by atoms with Gasteiger partial charge in [-0.2, -0.15) is 0 Å². The van der Waals surface area contributed by atoms with Gasteiger partial charge in [-0.05, 0) is 27.2 Å². The first-order valence-corrected chi connectivity index (χ1v) is 6.09. The third-order valence-corrected chi connectivity index (χ3v) is 2.45. The van der Waals surface area contributed by atoms with Crippen LogP contribution in [0, 0.1) is 5.92 Å². The van der Waals surface area contributed by atoms with Crippen molar-refractivity contribution in [3.63, 3.8) is 0 Å². The van der Waals surface area contributed by atoms with Crippen molar-refractivity contribution in [2.24, 2.45) is 5.92 Å². The highest BCUT2D eigenvalue weighted by Gasteiger charge is 2.37. The molecule has 1 heterocycles. The summed E-state index contributed by atoms with van der Waals surface area (Å²) < 4.78 is 5.21. The lowest BCUT2D eigenvalue weighted by molar-refractivity contribution is -0.129. The zero-order valence-corrected chi connectivity index (χ0v) is 11.1. The van der Waals surface area contributed by atoms with Crippen LogP contribution < -0.4 is 5.32 Å². The van der Waals surface area contributed by atoms with Crippen LogP contribution in [0.15, 0.2) is 0 Å². The lowest BCUT2D eigenvalue weighted by Gasteiger charge is -2.38. The van der Waals surface area contributed by atoms with E-state index in [4.69, 9.17) is 4.74 Å². The van der Waals surface area contributed by atoms with Gasteiger partial charge in [0.05, 0.1) is 5.92 Å². The molecule has 5 nitrogen and oxygen atoms in total. The minimum Gasteiger partial charge on any atom is -0.444 e. The molecule has 0 bridgehead atoms. The molecule has 0 saturated carbocycles. The van der Waals surface area contributed by atoms with E-state index in [-0.39, 0.29) is 17.9 Å². The number of hydrogen-bond donors (Lipinski definition) is 1. The Kier molecular flexibility index (Phi) is 4.37. The predicted molar refractivity (Wildman–Crippen MR) is 64.6 cm³/mol. The van der Waals surface area contributed by atoms with Crippen LogP contribution in [0.4, 0.5) is 4.79 Å². The van der Waals surface area contributed by atoms with Crippen LogP contribution in [0.2, 0.25) is 0 Å². The summed E-state index contributed by atoms with van der Waals surface area (Å²) in [7, 11) is 0. The van der Waals surface area contributed by atoms with E-state index < -0.39 is 5.60 Å². The molecule has 0 unspecified atom stereocenters. The van der Waals surface area contributed by atoms with E-state index in [2.05, 4.69) is 5.32 Å². The van der Waals surface area contributed by atoms with Crippen molar-refractivity contribution in [1.29, 1.82) is 0 Å². The Morgan fingerprint density at radius 3 is 2.41 bits per heavy atom. The molecule has 1 N–H and O–H groups in total. The van der Waals surface area contributed by atoms with Crippen molar-refractivity contribution < 1.29 is 14.3 Å². The Bertz CT molecular complexity index is 291. The number of nitrogens with one attached hydrogen (secondary N) is 1. The molecule has 0 aromatic carbocycles. The summed E-state index contributed by atoms with van der Waals surface area (Å²) in [6, 6.07) is 0. The molecule has 0 aromatic heterocycles. The third kappa shape index (κ3) is 4.24. The number of ether oxygens (including phenoxy) is 1. The van der Waals surface area contributed by atoms with Crippen LogP contribution in [0.1, 0.15) is 34.1 Å². The summed E-state index contributed by atoms with van der Waals surface area (Å²) >= 11 is 0. The predicted octanol–water partition coefficient (Wildman–Crippen LogP) is 1.38. The van der Waals surface area contributed by atoms with Crippen molar-refractivity contribution in [2.75, 3.05) is 19.6 Å². The fourth-order valence-corrected chi connectivity index (χ4v) is 1.51. The average molecular weight is 242 g/mol. The van der Waals surface area contributed by atoms with Gasteiger partial charge < -0.3 is 15.0 Å². The van der Waals surface area contributed by atoms with Crippen molar-refractivity contribution in [3.8, 4) is 0 Å². The Morgan fingerprint density at radius 2 is 1.94 bits per heavy atom. The lowest BCUT2D eigenvalue weighted by atomic mass is 10.00. The van der Waals surface area contributed by atoms with Crippen LogP contribution in [-0.2, 0) is 9.53 Å². The number of amides is 2. The first-order valence-electron chi connectivity index (χ1n) is 6.09. The molecule has 1 saturated heterocycles. The van der Waals surface area contributed by atoms with E-state index in [0.717, 1.165) is 6.42 Å². The quantitative estimate of drug-likeness (QED) is 0.813. The molecule has 0 radical (unpaired) electrons. The maximum Gasteiger partial charge on any atom is 0.410 e. The molecule has 1 aliphatic heterocycles. The Balaban J connectivity index is 2.27. The maximum absolute atomic E-state index is 11.6. The Hall–Kier alpha value is -1.26. The normalized spacial score (nSPS) is 16.4. The monoisotopic (exact) mass is 242 g/mol. The van der Waals surface area contributed by atoms with Crippen molar-refractivity contribution in [1.82, 2.24) is 10.2 Å². The standard InChI is InChI=1S/C12H22N2O3/c1-5-6-13-10(15)9-7-14(8-9)11(16)17-12(2,3)4/h9H,5-8H2,1-4H3,(H,13,15). The van der Waals surface area contributed by atoms with E-state index in [1.807, 2.05) is 27.7 Å². The van der Waals surface area contributed by atoms with Gasteiger partial charge in [0.15, 0.2) is 0 Å². The summed E-state index contributed by atoms with van der Waals surface area (Å²) in [5.41, 5.74) is -0.480. The number of carbonyl (C=O) groups is 2. The molecular formula is C12H22N2O3. The smallest absolute Gasteiger partial charge is 0.410 e. The first kappa shape index (κ1) is 13.8. The summed E-state index contributed by atoms with van der Waals surface area (Å²) in [5, 5.41) is 2.82. The second kappa shape index (κ2) is 5.38. The highest BCUT2D eigenvalue weighted by molar-refractivity contribution is 5.82. The minimum atomic E-state index is -0.480. The van der Waals surface area contributed by atoms with Gasteiger partial charge in [0, 0.05) is 19.6 Å². The molecular weight excluding hydrogens is 220 g/mol. The third-order valence-electron chi connectivity index (χ3n) is 2.45. The number of nitrogens with zero attached hydrogens (tertiary/aromatic N) is 1. The number of hydrogen-bond acceptors (Lipinski definition) is 3. The van der Waals surface area contributed by atoms with Gasteiger partial charge in [-0.1, -0.05) is 6.92 Å². The second-order valence-corrected chi connectivity index (χ2v) is 5.37. The van der Waals surface area contributed by atoms with Crippen molar-refractivity contribution in [3.05, 3.63) is 0 Å². The van der Waals surface area contributed by atoms with E-state index in [1.54, 1.807) is 4.90 Å². The highest BCUT2D eigenvalue weighted by atomic mass is 16.6. The summed E-state index contributed by atoms with van der Waals surface area (Å²) in [4.78, 5) is 24.7. The number of carbonyl (C=O) groups excluding carboxylic acids is 2. The van der Waals surface area contributed by atoms with Crippen LogP contribution in [-0.4, -0.2) is 42.1 Å². The Labute approximate surface area is 102 Å². The summed E-state index contributed by atoms with van der Waals surface area (Å²) in [5.74, 6) is -0.0410. The van der Waals surface area contributed by atoms with Crippen LogP contribution in [0.3, 0.4) is 0 Å². The maximum atomic E-state index is 11.6. The zero-order valence-electron chi connectivity index (χ0n) is 11.1. The van der Waals surface area contributed by atoms with E-state index in [9.17, 15) is 9.59 Å². The van der Waals surface area contributed by atoms with Gasteiger partial charge in [0.2, 0.25) is 5.91 Å². The Morgan fingerprint density at radius 1 is 1.35 bits per heavy atom. The zero-order chi connectivity index (χ0) is 13.1. The molecule has 5 heteroatoms. The van der Waals surface area contributed by atoms with E-state index >= 15 is 0 Å². The highest BCUT2D eigenvalue weighted by Crippen LogP contribution is 2.19. The lowest BCUT2D eigenvalue weighted by Crippen LogP contribution is -2.56. The number of rotatable bonds is 3. The molecule has 1 fully saturated rings. The molecule has 0 atom stereocenters. The molecule has 1 rings (SSSR count). The molecule has 98 valence electrons. The molecule has 0 aromatic rings. The summed E-state index contributed by atoms with van der Waals surface area (Å²) in [6.45, 7) is 9.12. The van der Waals surface area contributed by atoms with Crippen LogP contribution in [0.25, 0.3) is 0 Å². The molecule has 2 amide bonds. The van der Waals surface area contributed by atoms with Crippen molar-refractivity contribution in [2.45, 2.75) is 39.7 Å². The fourth-order valence-electron chi connectivity index (χ4n) is 1.51. The molecule has 0 aliphatic carbocycles. The van der Waals surface area contributed by atoms with Gasteiger partial charge >= 0.3 is 6.09 Å². The van der Waals surface area contributed by atoms with E-state index in [0.29, 0.717) is 19.6 Å². The first-order chi connectivity index (χ1) is 7.83. The minimum absolute atomic E-state index is 0.0339. The van der Waals surface area contributed by atoms with Gasteiger partial charge in [-0.3, -0.25) is 4.79 Å². The fraction of sp³-hybridized carbons (Fsp3) is 0.833. The van der Waals surface area contributed by atoms with Gasteiger partial charge in [-0.25, -0.2) is 4.79 Å². The van der Waals surface area contributed by atoms with Gasteiger partial charge in [0.1, 0.15) is 5.60 Å². The van der Waals surface area contributed by atoms with Crippen molar-refractivity contribution >= 4 is 12.0 Å². The topological polar surface area (TPSA) is 58.6 Å².